The second kappa shape index (κ2) is 6.53. The standard InChI is InChI=1S/C17H28N2/c1-15-7-6-12-19(13-15)17(2,14-18)11-10-16-8-4-3-5-9-16/h3-5,8-9,15H,6-7,10-14,18H2,1-2H3. The fourth-order valence-electron chi connectivity index (χ4n) is 3.13. The maximum atomic E-state index is 6.11. The number of benzene rings is 1. The van der Waals surface area contributed by atoms with Gasteiger partial charge in [-0.15, -0.1) is 0 Å². The zero-order valence-corrected chi connectivity index (χ0v) is 12.4. The van der Waals surface area contributed by atoms with Gasteiger partial charge in [0.1, 0.15) is 0 Å². The normalized spacial score (nSPS) is 24.1. The van der Waals surface area contributed by atoms with Crippen molar-refractivity contribution in [2.45, 2.75) is 45.1 Å². The van der Waals surface area contributed by atoms with Crippen molar-refractivity contribution < 1.29 is 0 Å². The fourth-order valence-corrected chi connectivity index (χ4v) is 3.13. The molecule has 2 unspecified atom stereocenters. The number of nitrogens with two attached hydrogens (primary N) is 1. The molecule has 0 aliphatic carbocycles. The van der Waals surface area contributed by atoms with E-state index >= 15 is 0 Å². The number of rotatable bonds is 5. The lowest BCUT2D eigenvalue weighted by atomic mass is 9.87. The minimum Gasteiger partial charge on any atom is -0.329 e. The number of nitrogens with zero attached hydrogens (tertiary/aromatic N) is 1. The molecule has 1 heterocycles. The van der Waals surface area contributed by atoms with Gasteiger partial charge in [0.05, 0.1) is 0 Å². The first-order valence-electron chi connectivity index (χ1n) is 7.63. The Bertz CT molecular complexity index is 376. The van der Waals surface area contributed by atoms with Gasteiger partial charge in [-0.05, 0) is 50.6 Å². The molecule has 2 nitrogen and oxygen atoms in total. The number of hydrogen-bond acceptors (Lipinski definition) is 2. The van der Waals surface area contributed by atoms with Gasteiger partial charge in [0.2, 0.25) is 0 Å². The van der Waals surface area contributed by atoms with Crippen molar-refractivity contribution in [3.05, 3.63) is 35.9 Å². The number of piperidine rings is 1. The molecule has 1 aliphatic rings. The Morgan fingerprint density at radius 3 is 2.68 bits per heavy atom. The van der Waals surface area contributed by atoms with Crippen LogP contribution in [0.3, 0.4) is 0 Å². The summed E-state index contributed by atoms with van der Waals surface area (Å²) in [5.41, 5.74) is 7.69. The lowest BCUT2D eigenvalue weighted by molar-refractivity contribution is 0.0579. The van der Waals surface area contributed by atoms with Crippen molar-refractivity contribution in [2.75, 3.05) is 19.6 Å². The quantitative estimate of drug-likeness (QED) is 0.881. The van der Waals surface area contributed by atoms with Crippen LogP contribution in [0, 0.1) is 5.92 Å². The summed E-state index contributed by atoms with van der Waals surface area (Å²) < 4.78 is 0. The first-order chi connectivity index (χ1) is 9.14. The molecule has 0 radical (unpaired) electrons. The van der Waals surface area contributed by atoms with Gasteiger partial charge in [-0.25, -0.2) is 0 Å². The van der Waals surface area contributed by atoms with E-state index in [0.29, 0.717) is 0 Å². The molecule has 2 heteroatoms. The van der Waals surface area contributed by atoms with Gasteiger partial charge in [-0.3, -0.25) is 4.90 Å². The Morgan fingerprint density at radius 2 is 2.05 bits per heavy atom. The molecule has 19 heavy (non-hydrogen) atoms. The third kappa shape index (κ3) is 3.80. The largest absolute Gasteiger partial charge is 0.329 e. The summed E-state index contributed by atoms with van der Waals surface area (Å²) in [6.45, 7) is 7.89. The molecule has 1 aromatic carbocycles. The van der Waals surface area contributed by atoms with E-state index in [0.717, 1.165) is 25.3 Å². The maximum Gasteiger partial charge on any atom is 0.0306 e. The Kier molecular flexibility index (Phi) is 5.00. The van der Waals surface area contributed by atoms with Crippen molar-refractivity contribution in [1.29, 1.82) is 0 Å². The van der Waals surface area contributed by atoms with Gasteiger partial charge in [0, 0.05) is 18.6 Å². The highest BCUT2D eigenvalue weighted by atomic mass is 15.2. The van der Waals surface area contributed by atoms with E-state index in [-0.39, 0.29) is 5.54 Å². The predicted molar refractivity (Wildman–Crippen MR) is 82.2 cm³/mol. The Morgan fingerprint density at radius 1 is 1.32 bits per heavy atom. The van der Waals surface area contributed by atoms with E-state index in [9.17, 15) is 0 Å². The van der Waals surface area contributed by atoms with Gasteiger partial charge in [-0.2, -0.15) is 0 Å². The Labute approximate surface area is 118 Å². The van der Waals surface area contributed by atoms with Crippen molar-refractivity contribution >= 4 is 0 Å². The van der Waals surface area contributed by atoms with Crippen molar-refractivity contribution in [3.63, 3.8) is 0 Å². The van der Waals surface area contributed by atoms with Crippen molar-refractivity contribution in [1.82, 2.24) is 4.90 Å². The summed E-state index contributed by atoms with van der Waals surface area (Å²) in [7, 11) is 0. The van der Waals surface area contributed by atoms with Crippen LogP contribution >= 0.6 is 0 Å². The topological polar surface area (TPSA) is 29.3 Å². The Hall–Kier alpha value is -0.860. The lowest BCUT2D eigenvalue weighted by Crippen LogP contribution is -2.55. The minimum absolute atomic E-state index is 0.157. The van der Waals surface area contributed by atoms with Crippen LogP contribution in [-0.2, 0) is 6.42 Å². The van der Waals surface area contributed by atoms with E-state index in [1.807, 2.05) is 0 Å². The second-order valence-electron chi connectivity index (χ2n) is 6.38. The lowest BCUT2D eigenvalue weighted by Gasteiger charge is -2.45. The maximum absolute atomic E-state index is 6.11. The molecule has 2 N–H and O–H groups in total. The van der Waals surface area contributed by atoms with Crippen LogP contribution in [0.4, 0.5) is 0 Å². The van der Waals surface area contributed by atoms with E-state index in [1.165, 1.54) is 31.5 Å². The molecule has 0 aromatic heterocycles. The smallest absolute Gasteiger partial charge is 0.0306 e. The third-order valence-corrected chi connectivity index (χ3v) is 4.66. The monoisotopic (exact) mass is 260 g/mol. The highest BCUT2D eigenvalue weighted by Gasteiger charge is 2.32. The highest BCUT2D eigenvalue weighted by Crippen LogP contribution is 2.27. The van der Waals surface area contributed by atoms with E-state index < -0.39 is 0 Å². The minimum atomic E-state index is 0.157. The third-order valence-electron chi connectivity index (χ3n) is 4.66. The van der Waals surface area contributed by atoms with E-state index in [4.69, 9.17) is 5.73 Å². The summed E-state index contributed by atoms with van der Waals surface area (Å²) in [5, 5.41) is 0. The van der Waals surface area contributed by atoms with Gasteiger partial charge >= 0.3 is 0 Å². The summed E-state index contributed by atoms with van der Waals surface area (Å²) >= 11 is 0. The second-order valence-corrected chi connectivity index (χ2v) is 6.38. The SMILES string of the molecule is CC1CCCN(C(C)(CN)CCc2ccccc2)C1. The van der Waals surface area contributed by atoms with Crippen molar-refractivity contribution in [3.8, 4) is 0 Å². The average molecular weight is 260 g/mol. The Balaban J connectivity index is 1.97. The van der Waals surface area contributed by atoms with Crippen LogP contribution in [-0.4, -0.2) is 30.1 Å². The molecular weight excluding hydrogens is 232 g/mol. The van der Waals surface area contributed by atoms with Gasteiger partial charge < -0.3 is 5.73 Å². The van der Waals surface area contributed by atoms with Crippen LogP contribution < -0.4 is 5.73 Å². The molecule has 1 aromatic rings. The van der Waals surface area contributed by atoms with Crippen molar-refractivity contribution in [2.24, 2.45) is 11.7 Å². The van der Waals surface area contributed by atoms with E-state index in [2.05, 4.69) is 49.1 Å². The average Bonchev–Trinajstić information content (AvgIpc) is 2.46. The molecule has 106 valence electrons. The van der Waals surface area contributed by atoms with Crippen LogP contribution in [0.15, 0.2) is 30.3 Å². The number of hydrogen-bond donors (Lipinski definition) is 1. The summed E-state index contributed by atoms with van der Waals surface area (Å²) in [6, 6.07) is 10.8. The molecule has 1 aliphatic heterocycles. The summed E-state index contributed by atoms with van der Waals surface area (Å²) in [5.74, 6) is 0.816. The number of aryl methyl sites for hydroxylation is 1. The molecule has 0 bridgehead atoms. The first kappa shape index (κ1) is 14.5. The zero-order chi connectivity index (χ0) is 13.7. The summed E-state index contributed by atoms with van der Waals surface area (Å²) in [4.78, 5) is 2.63. The van der Waals surface area contributed by atoms with Gasteiger partial charge in [0.25, 0.3) is 0 Å². The van der Waals surface area contributed by atoms with E-state index in [1.54, 1.807) is 0 Å². The van der Waals surface area contributed by atoms with Crippen LogP contribution in [0.1, 0.15) is 38.7 Å². The van der Waals surface area contributed by atoms with Crippen LogP contribution in [0.25, 0.3) is 0 Å². The highest BCUT2D eigenvalue weighted by molar-refractivity contribution is 5.15. The molecule has 0 amide bonds. The molecule has 2 atom stereocenters. The first-order valence-corrected chi connectivity index (χ1v) is 7.63. The summed E-state index contributed by atoms with van der Waals surface area (Å²) in [6.07, 6.45) is 4.97. The van der Waals surface area contributed by atoms with Crippen LogP contribution in [0.2, 0.25) is 0 Å². The molecule has 1 fully saturated rings. The molecule has 2 rings (SSSR count). The van der Waals surface area contributed by atoms with Gasteiger partial charge in [-0.1, -0.05) is 37.3 Å². The van der Waals surface area contributed by atoms with Crippen LogP contribution in [0.5, 0.6) is 0 Å². The fraction of sp³-hybridized carbons (Fsp3) is 0.647. The zero-order valence-electron chi connectivity index (χ0n) is 12.4. The predicted octanol–water partition coefficient (Wildman–Crippen LogP) is 3.07. The molecule has 0 spiro atoms. The number of likely N-dealkylation sites (tertiary alicyclic amines) is 1. The molecule has 1 saturated heterocycles. The molecule has 0 saturated carbocycles. The molecular formula is C17H28N2. The van der Waals surface area contributed by atoms with Gasteiger partial charge in [0.15, 0.2) is 0 Å².